The van der Waals surface area contributed by atoms with Gasteiger partial charge in [0, 0.05) is 16.1 Å². The molecular formula is C17H17BrFNO. The Morgan fingerprint density at radius 3 is 2.95 bits per heavy atom. The van der Waals surface area contributed by atoms with Gasteiger partial charge in [-0.25, -0.2) is 4.39 Å². The number of hydrogen-bond donors (Lipinski definition) is 1. The first-order chi connectivity index (χ1) is 10.2. The lowest BCUT2D eigenvalue weighted by atomic mass is 10.1. The molecule has 0 aromatic heterocycles. The predicted molar refractivity (Wildman–Crippen MR) is 85.0 cm³/mol. The van der Waals surface area contributed by atoms with Crippen molar-refractivity contribution in [2.24, 2.45) is 0 Å². The van der Waals surface area contributed by atoms with Crippen LogP contribution in [-0.2, 0) is 13.0 Å². The third kappa shape index (κ3) is 3.11. The maximum Gasteiger partial charge on any atom is 0.129 e. The smallest absolute Gasteiger partial charge is 0.129 e. The summed E-state index contributed by atoms with van der Waals surface area (Å²) in [6.45, 7) is 0.236. The van der Waals surface area contributed by atoms with E-state index in [9.17, 15) is 4.39 Å². The molecule has 1 aliphatic rings. The third-order valence-electron chi connectivity index (χ3n) is 3.94. The number of rotatable bonds is 4. The molecule has 1 N–H and O–H groups in total. The van der Waals surface area contributed by atoms with Gasteiger partial charge in [0.05, 0.1) is 0 Å². The summed E-state index contributed by atoms with van der Waals surface area (Å²) in [6, 6.07) is 11.5. The van der Waals surface area contributed by atoms with Crippen molar-refractivity contribution in [3.8, 4) is 5.75 Å². The molecule has 0 spiro atoms. The fourth-order valence-electron chi connectivity index (χ4n) is 2.80. The van der Waals surface area contributed by atoms with Crippen LogP contribution >= 0.6 is 15.9 Å². The summed E-state index contributed by atoms with van der Waals surface area (Å²) in [6.07, 6.45) is 2.18. The molecule has 0 saturated heterocycles. The summed E-state index contributed by atoms with van der Waals surface area (Å²) in [5, 5.41) is 3.32. The van der Waals surface area contributed by atoms with Gasteiger partial charge >= 0.3 is 0 Å². The second kappa shape index (κ2) is 6.16. The average molecular weight is 350 g/mol. The standard InChI is InChI=1S/C17H17BrFNO/c1-20-17-7-2-11-9-14(4-5-15(11)17)21-10-12-8-13(18)3-6-16(12)19/h3-6,8-9,17,20H,2,7,10H2,1H3. The third-order valence-corrected chi connectivity index (χ3v) is 4.44. The number of ether oxygens (including phenoxy) is 1. The van der Waals surface area contributed by atoms with Gasteiger partial charge < -0.3 is 10.1 Å². The van der Waals surface area contributed by atoms with Gasteiger partial charge in [-0.1, -0.05) is 22.0 Å². The summed E-state index contributed by atoms with van der Waals surface area (Å²) < 4.78 is 20.3. The van der Waals surface area contributed by atoms with Crippen molar-refractivity contribution < 1.29 is 9.13 Å². The Morgan fingerprint density at radius 2 is 2.14 bits per heavy atom. The van der Waals surface area contributed by atoms with Crippen LogP contribution in [0.25, 0.3) is 0 Å². The van der Waals surface area contributed by atoms with Gasteiger partial charge in [0.25, 0.3) is 0 Å². The molecule has 0 fully saturated rings. The van der Waals surface area contributed by atoms with Crippen molar-refractivity contribution in [3.05, 3.63) is 63.4 Å². The Morgan fingerprint density at radius 1 is 1.29 bits per heavy atom. The Bertz CT molecular complexity index is 659. The molecule has 1 atom stereocenters. The Balaban J connectivity index is 1.73. The normalized spacial score (nSPS) is 16.8. The number of nitrogens with one attached hydrogen (secondary N) is 1. The summed E-state index contributed by atoms with van der Waals surface area (Å²) >= 11 is 3.35. The summed E-state index contributed by atoms with van der Waals surface area (Å²) in [4.78, 5) is 0. The average Bonchev–Trinajstić information content (AvgIpc) is 2.90. The van der Waals surface area contributed by atoms with E-state index >= 15 is 0 Å². The van der Waals surface area contributed by atoms with Gasteiger partial charge in [-0.3, -0.25) is 0 Å². The molecule has 0 bridgehead atoms. The van der Waals surface area contributed by atoms with E-state index < -0.39 is 0 Å². The lowest BCUT2D eigenvalue weighted by Gasteiger charge is -2.12. The quantitative estimate of drug-likeness (QED) is 0.884. The molecule has 2 nitrogen and oxygen atoms in total. The van der Waals surface area contributed by atoms with Crippen LogP contribution in [0.1, 0.15) is 29.2 Å². The van der Waals surface area contributed by atoms with E-state index in [-0.39, 0.29) is 12.4 Å². The van der Waals surface area contributed by atoms with Crippen LogP contribution < -0.4 is 10.1 Å². The second-order valence-electron chi connectivity index (χ2n) is 5.26. The molecule has 1 aliphatic carbocycles. The molecule has 0 amide bonds. The zero-order valence-corrected chi connectivity index (χ0v) is 13.4. The topological polar surface area (TPSA) is 21.3 Å². The Kier molecular flexibility index (Phi) is 4.27. The SMILES string of the molecule is CNC1CCc2cc(OCc3cc(Br)ccc3F)ccc21. The fourth-order valence-corrected chi connectivity index (χ4v) is 3.21. The molecule has 4 heteroatoms. The number of hydrogen-bond acceptors (Lipinski definition) is 2. The monoisotopic (exact) mass is 349 g/mol. The van der Waals surface area contributed by atoms with E-state index in [1.165, 1.54) is 17.2 Å². The van der Waals surface area contributed by atoms with Crippen molar-refractivity contribution in [2.45, 2.75) is 25.5 Å². The highest BCUT2D eigenvalue weighted by Crippen LogP contribution is 2.33. The Labute approximate surface area is 132 Å². The summed E-state index contributed by atoms with van der Waals surface area (Å²) in [7, 11) is 1.99. The highest BCUT2D eigenvalue weighted by Gasteiger charge is 2.21. The molecule has 0 aliphatic heterocycles. The molecule has 2 aromatic rings. The van der Waals surface area contributed by atoms with Crippen LogP contribution in [0.2, 0.25) is 0 Å². The molecule has 3 rings (SSSR count). The van der Waals surface area contributed by atoms with Crippen molar-refractivity contribution >= 4 is 15.9 Å². The van der Waals surface area contributed by atoms with E-state index in [1.807, 2.05) is 13.1 Å². The van der Waals surface area contributed by atoms with E-state index in [4.69, 9.17) is 4.74 Å². The number of halogens is 2. The van der Waals surface area contributed by atoms with Gasteiger partial charge in [0.1, 0.15) is 18.2 Å². The first kappa shape index (κ1) is 14.5. The number of benzene rings is 2. The largest absolute Gasteiger partial charge is 0.489 e. The van der Waals surface area contributed by atoms with Crippen LogP contribution in [0.3, 0.4) is 0 Å². The predicted octanol–water partition coefficient (Wildman–Crippen LogP) is 4.37. The van der Waals surface area contributed by atoms with Gasteiger partial charge in [0.2, 0.25) is 0 Å². The first-order valence-electron chi connectivity index (χ1n) is 7.04. The lowest BCUT2D eigenvalue weighted by molar-refractivity contribution is 0.299. The van der Waals surface area contributed by atoms with Gasteiger partial charge in [-0.05, 0) is 61.3 Å². The van der Waals surface area contributed by atoms with Crippen LogP contribution in [0.15, 0.2) is 40.9 Å². The Hall–Kier alpha value is -1.39. The maximum absolute atomic E-state index is 13.7. The minimum atomic E-state index is -0.241. The van der Waals surface area contributed by atoms with Crippen molar-refractivity contribution in [3.63, 3.8) is 0 Å². The molecule has 0 saturated carbocycles. The number of aryl methyl sites for hydroxylation is 1. The zero-order valence-electron chi connectivity index (χ0n) is 11.8. The summed E-state index contributed by atoms with van der Waals surface area (Å²) in [5.41, 5.74) is 3.22. The van der Waals surface area contributed by atoms with Crippen LogP contribution in [-0.4, -0.2) is 7.05 Å². The van der Waals surface area contributed by atoms with E-state index in [2.05, 4.69) is 33.4 Å². The van der Waals surface area contributed by atoms with Crippen LogP contribution in [0, 0.1) is 5.82 Å². The van der Waals surface area contributed by atoms with Crippen molar-refractivity contribution in [1.29, 1.82) is 0 Å². The molecule has 2 aromatic carbocycles. The molecular weight excluding hydrogens is 333 g/mol. The first-order valence-corrected chi connectivity index (χ1v) is 7.83. The molecule has 1 unspecified atom stereocenters. The maximum atomic E-state index is 13.7. The van der Waals surface area contributed by atoms with Crippen molar-refractivity contribution in [2.75, 3.05) is 7.05 Å². The van der Waals surface area contributed by atoms with Gasteiger partial charge in [0.15, 0.2) is 0 Å². The fraction of sp³-hybridized carbons (Fsp3) is 0.294. The van der Waals surface area contributed by atoms with E-state index in [0.717, 1.165) is 23.1 Å². The number of fused-ring (bicyclic) bond motifs is 1. The minimum absolute atomic E-state index is 0.236. The van der Waals surface area contributed by atoms with Crippen molar-refractivity contribution in [1.82, 2.24) is 5.32 Å². The van der Waals surface area contributed by atoms with Crippen LogP contribution in [0.4, 0.5) is 4.39 Å². The molecule has 0 radical (unpaired) electrons. The van der Waals surface area contributed by atoms with Gasteiger partial charge in [-0.15, -0.1) is 0 Å². The van der Waals surface area contributed by atoms with Gasteiger partial charge in [-0.2, -0.15) is 0 Å². The molecule has 21 heavy (non-hydrogen) atoms. The second-order valence-corrected chi connectivity index (χ2v) is 6.18. The molecule has 110 valence electrons. The zero-order chi connectivity index (χ0) is 14.8. The van der Waals surface area contributed by atoms with E-state index in [1.54, 1.807) is 12.1 Å². The minimum Gasteiger partial charge on any atom is -0.489 e. The molecule has 0 heterocycles. The van der Waals surface area contributed by atoms with Crippen LogP contribution in [0.5, 0.6) is 5.75 Å². The lowest BCUT2D eigenvalue weighted by Crippen LogP contribution is -2.12. The van der Waals surface area contributed by atoms with E-state index in [0.29, 0.717) is 11.6 Å². The highest BCUT2D eigenvalue weighted by molar-refractivity contribution is 9.10. The summed E-state index contributed by atoms with van der Waals surface area (Å²) in [5.74, 6) is 0.555. The highest BCUT2D eigenvalue weighted by atomic mass is 79.9.